The molecule has 6 nitrogen and oxygen atoms in total. The Morgan fingerprint density at radius 2 is 1.81 bits per heavy atom. The van der Waals surface area contributed by atoms with E-state index in [1.807, 2.05) is 12.1 Å². The topological polar surface area (TPSA) is 65.8 Å². The van der Waals surface area contributed by atoms with Crippen LogP contribution in [-0.4, -0.2) is 50.3 Å². The van der Waals surface area contributed by atoms with Gasteiger partial charge in [0, 0.05) is 19.6 Å². The van der Waals surface area contributed by atoms with Crippen LogP contribution in [0.2, 0.25) is 0 Å². The van der Waals surface area contributed by atoms with Crippen molar-refractivity contribution in [2.75, 3.05) is 32.7 Å². The van der Waals surface area contributed by atoms with Gasteiger partial charge in [-0.05, 0) is 50.9 Å². The molecule has 2 saturated heterocycles. The van der Waals surface area contributed by atoms with Crippen molar-refractivity contribution in [2.24, 2.45) is 0 Å². The predicted molar refractivity (Wildman–Crippen MR) is 80.0 cm³/mol. The van der Waals surface area contributed by atoms with Crippen molar-refractivity contribution in [1.82, 2.24) is 13.9 Å². The lowest BCUT2D eigenvalue weighted by atomic mass is 10.2. The summed E-state index contributed by atoms with van der Waals surface area (Å²) in [6, 6.07) is 3.76. The molecule has 2 aliphatic heterocycles. The molecule has 118 valence electrons. The Morgan fingerprint density at radius 1 is 1.14 bits per heavy atom. The Kier molecular flexibility index (Phi) is 4.63. The van der Waals surface area contributed by atoms with E-state index >= 15 is 0 Å². The van der Waals surface area contributed by atoms with Gasteiger partial charge >= 0.3 is 0 Å². The molecule has 0 aromatic carbocycles. The van der Waals surface area contributed by atoms with Gasteiger partial charge in [0.15, 0.2) is 0 Å². The molecule has 1 atom stereocenters. The van der Waals surface area contributed by atoms with Gasteiger partial charge < -0.3 is 4.42 Å². The van der Waals surface area contributed by atoms with E-state index in [1.54, 1.807) is 6.26 Å². The standard InChI is InChI=1S/C14H23N3O3S/c18-21(19,17-9-3-4-10-17)15-12-13(14-6-5-11-20-14)16-7-1-2-8-16/h5-6,11,13,15H,1-4,7-10,12H2. The second-order valence-corrected chi connectivity index (χ2v) is 7.49. The van der Waals surface area contributed by atoms with Crippen LogP contribution < -0.4 is 4.72 Å². The highest BCUT2D eigenvalue weighted by Crippen LogP contribution is 2.25. The maximum Gasteiger partial charge on any atom is 0.279 e. The summed E-state index contributed by atoms with van der Waals surface area (Å²) in [6.45, 7) is 3.62. The van der Waals surface area contributed by atoms with Crippen LogP contribution in [0.25, 0.3) is 0 Å². The fourth-order valence-electron chi connectivity index (χ4n) is 3.15. The molecule has 1 aromatic heterocycles. The molecule has 1 aromatic rings. The van der Waals surface area contributed by atoms with Crippen molar-refractivity contribution < 1.29 is 12.8 Å². The molecular weight excluding hydrogens is 290 g/mol. The second-order valence-electron chi connectivity index (χ2n) is 5.73. The molecule has 2 aliphatic rings. The Labute approximate surface area is 126 Å². The molecule has 2 fully saturated rings. The number of hydrogen-bond acceptors (Lipinski definition) is 4. The first-order valence-corrected chi connectivity index (χ1v) is 9.13. The zero-order valence-electron chi connectivity index (χ0n) is 12.2. The fraction of sp³-hybridized carbons (Fsp3) is 0.714. The monoisotopic (exact) mass is 313 g/mol. The van der Waals surface area contributed by atoms with Gasteiger partial charge in [-0.15, -0.1) is 0 Å². The summed E-state index contributed by atoms with van der Waals surface area (Å²) in [5.41, 5.74) is 0. The maximum atomic E-state index is 12.3. The molecular formula is C14H23N3O3S. The SMILES string of the molecule is O=S(=O)(NCC(c1ccco1)N1CCCC1)N1CCCC1. The first-order valence-electron chi connectivity index (χ1n) is 7.69. The number of nitrogens with zero attached hydrogens (tertiary/aromatic N) is 2. The summed E-state index contributed by atoms with van der Waals surface area (Å²) in [5, 5.41) is 0. The highest BCUT2D eigenvalue weighted by Gasteiger charge is 2.30. The average Bonchev–Trinajstić information content (AvgIpc) is 3.23. The summed E-state index contributed by atoms with van der Waals surface area (Å²) in [6.07, 6.45) is 5.88. The minimum atomic E-state index is -3.36. The van der Waals surface area contributed by atoms with Gasteiger partial charge in [0.25, 0.3) is 10.2 Å². The molecule has 3 heterocycles. The molecule has 1 N–H and O–H groups in total. The van der Waals surface area contributed by atoms with E-state index in [9.17, 15) is 8.42 Å². The number of rotatable bonds is 6. The smallest absolute Gasteiger partial charge is 0.279 e. The van der Waals surface area contributed by atoms with Crippen LogP contribution in [0.15, 0.2) is 22.8 Å². The number of hydrogen-bond donors (Lipinski definition) is 1. The number of nitrogens with one attached hydrogen (secondary N) is 1. The molecule has 0 bridgehead atoms. The van der Waals surface area contributed by atoms with Crippen LogP contribution in [0.4, 0.5) is 0 Å². The van der Waals surface area contributed by atoms with Gasteiger partial charge in [-0.3, -0.25) is 4.90 Å². The number of likely N-dealkylation sites (tertiary alicyclic amines) is 1. The Morgan fingerprint density at radius 3 is 2.43 bits per heavy atom. The Balaban J connectivity index is 1.67. The van der Waals surface area contributed by atoms with Crippen molar-refractivity contribution >= 4 is 10.2 Å². The van der Waals surface area contributed by atoms with E-state index in [0.717, 1.165) is 44.5 Å². The van der Waals surface area contributed by atoms with Crippen LogP contribution in [0, 0.1) is 0 Å². The first-order chi connectivity index (χ1) is 10.2. The van der Waals surface area contributed by atoms with Gasteiger partial charge in [0.05, 0.1) is 12.3 Å². The van der Waals surface area contributed by atoms with Gasteiger partial charge in [0.1, 0.15) is 5.76 Å². The second kappa shape index (κ2) is 6.48. The maximum absolute atomic E-state index is 12.3. The lowest BCUT2D eigenvalue weighted by Crippen LogP contribution is -2.43. The van der Waals surface area contributed by atoms with E-state index in [0.29, 0.717) is 19.6 Å². The van der Waals surface area contributed by atoms with E-state index in [2.05, 4.69) is 9.62 Å². The van der Waals surface area contributed by atoms with Crippen LogP contribution >= 0.6 is 0 Å². The van der Waals surface area contributed by atoms with Gasteiger partial charge in [-0.1, -0.05) is 0 Å². The largest absolute Gasteiger partial charge is 0.468 e. The summed E-state index contributed by atoms with van der Waals surface area (Å²) >= 11 is 0. The summed E-state index contributed by atoms with van der Waals surface area (Å²) < 4.78 is 34.4. The lowest BCUT2D eigenvalue weighted by Gasteiger charge is -2.27. The molecule has 21 heavy (non-hydrogen) atoms. The van der Waals surface area contributed by atoms with Crippen molar-refractivity contribution in [2.45, 2.75) is 31.7 Å². The van der Waals surface area contributed by atoms with E-state index in [1.165, 1.54) is 4.31 Å². The number of furan rings is 1. The Bertz CT molecular complexity index is 532. The van der Waals surface area contributed by atoms with Crippen LogP contribution in [0.5, 0.6) is 0 Å². The van der Waals surface area contributed by atoms with Gasteiger partial charge in [0.2, 0.25) is 0 Å². The van der Waals surface area contributed by atoms with Crippen molar-refractivity contribution in [3.05, 3.63) is 24.2 Å². The minimum absolute atomic E-state index is 0.0140. The zero-order valence-corrected chi connectivity index (χ0v) is 13.0. The highest BCUT2D eigenvalue weighted by molar-refractivity contribution is 7.87. The molecule has 0 aliphatic carbocycles. The van der Waals surface area contributed by atoms with Gasteiger partial charge in [-0.2, -0.15) is 12.7 Å². The average molecular weight is 313 g/mol. The molecule has 0 spiro atoms. The molecule has 1 unspecified atom stereocenters. The van der Waals surface area contributed by atoms with E-state index in [-0.39, 0.29) is 6.04 Å². The normalized spacial score (nSPS) is 22.9. The van der Waals surface area contributed by atoms with Crippen LogP contribution in [0.3, 0.4) is 0 Å². The lowest BCUT2D eigenvalue weighted by molar-refractivity contribution is 0.215. The minimum Gasteiger partial charge on any atom is -0.468 e. The van der Waals surface area contributed by atoms with Crippen molar-refractivity contribution in [3.63, 3.8) is 0 Å². The third-order valence-corrected chi connectivity index (χ3v) is 5.89. The van der Waals surface area contributed by atoms with E-state index in [4.69, 9.17) is 4.42 Å². The van der Waals surface area contributed by atoms with E-state index < -0.39 is 10.2 Å². The molecule has 0 amide bonds. The molecule has 0 radical (unpaired) electrons. The first kappa shape index (κ1) is 15.0. The molecule has 0 saturated carbocycles. The quantitative estimate of drug-likeness (QED) is 0.861. The van der Waals surface area contributed by atoms with Crippen LogP contribution in [-0.2, 0) is 10.2 Å². The molecule has 7 heteroatoms. The summed E-state index contributed by atoms with van der Waals surface area (Å²) in [5.74, 6) is 0.834. The summed E-state index contributed by atoms with van der Waals surface area (Å²) in [7, 11) is -3.36. The van der Waals surface area contributed by atoms with Gasteiger partial charge in [-0.25, -0.2) is 4.72 Å². The summed E-state index contributed by atoms with van der Waals surface area (Å²) in [4.78, 5) is 2.30. The van der Waals surface area contributed by atoms with Crippen LogP contribution in [0.1, 0.15) is 37.5 Å². The third kappa shape index (κ3) is 3.48. The third-order valence-electron chi connectivity index (χ3n) is 4.32. The highest BCUT2D eigenvalue weighted by atomic mass is 32.2. The van der Waals surface area contributed by atoms with Crippen molar-refractivity contribution in [3.8, 4) is 0 Å². The predicted octanol–water partition coefficient (Wildman–Crippen LogP) is 1.35. The molecule has 3 rings (SSSR count). The fourth-order valence-corrected chi connectivity index (χ4v) is 4.44. The van der Waals surface area contributed by atoms with Crippen molar-refractivity contribution in [1.29, 1.82) is 0 Å². The zero-order chi connectivity index (χ0) is 14.7. The Hall–Kier alpha value is -0.890.